The van der Waals surface area contributed by atoms with Crippen LogP contribution in [0.4, 0.5) is 0 Å². The summed E-state index contributed by atoms with van der Waals surface area (Å²) < 4.78 is 6.97. The van der Waals surface area contributed by atoms with E-state index in [1.807, 2.05) is 58.0 Å². The maximum Gasteiger partial charge on any atom is 0.337 e. The molecule has 0 amide bonds. The van der Waals surface area contributed by atoms with E-state index in [9.17, 15) is 9.90 Å². The molecule has 28 heavy (non-hydrogen) atoms. The second kappa shape index (κ2) is 7.82. The van der Waals surface area contributed by atoms with Crippen LogP contribution in [0.15, 0.2) is 30.3 Å². The van der Waals surface area contributed by atoms with Crippen molar-refractivity contribution in [2.75, 3.05) is 0 Å². The van der Waals surface area contributed by atoms with Crippen molar-refractivity contribution in [3.8, 4) is 11.1 Å². The molecule has 1 aromatic heterocycles. The summed E-state index contributed by atoms with van der Waals surface area (Å²) in [6.07, 6.45) is -0.253. The summed E-state index contributed by atoms with van der Waals surface area (Å²) >= 11 is 7.69. The van der Waals surface area contributed by atoms with Gasteiger partial charge in [0, 0.05) is 16.1 Å². The number of carboxylic acids is 1. The van der Waals surface area contributed by atoms with Gasteiger partial charge in [-0.1, -0.05) is 30.7 Å². The fourth-order valence-corrected chi connectivity index (χ4v) is 4.42. The van der Waals surface area contributed by atoms with E-state index in [1.165, 1.54) is 0 Å². The van der Waals surface area contributed by atoms with Gasteiger partial charge in [-0.15, -0.1) is 11.3 Å². The van der Waals surface area contributed by atoms with Crippen molar-refractivity contribution in [2.45, 2.75) is 52.7 Å². The van der Waals surface area contributed by atoms with Gasteiger partial charge in [-0.25, -0.2) is 9.78 Å². The molecule has 4 nitrogen and oxygen atoms in total. The Labute approximate surface area is 174 Å². The number of nitrogens with zero attached hydrogens (tertiary/aromatic N) is 1. The van der Waals surface area contributed by atoms with Gasteiger partial charge in [0.25, 0.3) is 0 Å². The Morgan fingerprint density at radius 1 is 1.29 bits per heavy atom. The summed E-state index contributed by atoms with van der Waals surface area (Å²) in [6, 6.07) is 9.43. The third-order valence-electron chi connectivity index (χ3n) is 4.37. The Hall–Kier alpha value is -1.95. The van der Waals surface area contributed by atoms with Gasteiger partial charge in [-0.3, -0.25) is 0 Å². The first-order valence-corrected chi connectivity index (χ1v) is 10.4. The molecular formula is C22H24ClNO3S. The Morgan fingerprint density at radius 3 is 2.46 bits per heavy atom. The molecular weight excluding hydrogens is 394 g/mol. The van der Waals surface area contributed by atoms with Gasteiger partial charge in [-0.2, -0.15) is 0 Å². The van der Waals surface area contributed by atoms with E-state index >= 15 is 0 Å². The first-order chi connectivity index (χ1) is 13.1. The van der Waals surface area contributed by atoms with Gasteiger partial charge >= 0.3 is 5.97 Å². The summed E-state index contributed by atoms with van der Waals surface area (Å²) in [6.45, 7) is 9.57. The molecule has 1 atom stereocenters. The summed E-state index contributed by atoms with van der Waals surface area (Å²) in [7, 11) is 0. The molecule has 0 bridgehead atoms. The minimum atomic E-state index is -1.08. The van der Waals surface area contributed by atoms with E-state index < -0.39 is 17.7 Å². The SMILES string of the molecule is CCc1nc2cc(C)c([C@H](OC(C)(C)C)C(=O)O)c(-c3ccc(Cl)cc3)c2s1. The summed E-state index contributed by atoms with van der Waals surface area (Å²) in [4.78, 5) is 16.9. The van der Waals surface area contributed by atoms with Gasteiger partial charge in [0.1, 0.15) is 0 Å². The average molecular weight is 418 g/mol. The number of halogens is 1. The van der Waals surface area contributed by atoms with Crippen LogP contribution in [0.5, 0.6) is 0 Å². The van der Waals surface area contributed by atoms with Gasteiger partial charge < -0.3 is 9.84 Å². The molecule has 0 unspecified atom stereocenters. The van der Waals surface area contributed by atoms with Crippen molar-refractivity contribution in [2.24, 2.45) is 0 Å². The van der Waals surface area contributed by atoms with Crippen molar-refractivity contribution in [3.05, 3.63) is 51.5 Å². The highest BCUT2D eigenvalue weighted by Crippen LogP contribution is 2.42. The molecule has 3 aromatic rings. The zero-order chi connectivity index (χ0) is 20.6. The quantitative estimate of drug-likeness (QED) is 0.519. The number of rotatable bonds is 5. The maximum absolute atomic E-state index is 12.2. The maximum atomic E-state index is 12.2. The van der Waals surface area contributed by atoms with E-state index in [0.717, 1.165) is 38.3 Å². The zero-order valence-electron chi connectivity index (χ0n) is 16.7. The van der Waals surface area contributed by atoms with Crippen molar-refractivity contribution in [1.29, 1.82) is 0 Å². The van der Waals surface area contributed by atoms with Crippen LogP contribution < -0.4 is 0 Å². The number of carbonyl (C=O) groups is 1. The normalized spacial score (nSPS) is 13.1. The molecule has 0 saturated carbocycles. The number of thiazole rings is 1. The topological polar surface area (TPSA) is 59.4 Å². The molecule has 148 valence electrons. The number of fused-ring (bicyclic) bond motifs is 1. The number of hydrogen-bond donors (Lipinski definition) is 1. The minimum absolute atomic E-state index is 0.607. The van der Waals surface area contributed by atoms with Crippen LogP contribution in [0, 0.1) is 6.92 Å². The fourth-order valence-electron chi connectivity index (χ4n) is 3.24. The molecule has 0 radical (unpaired) electrons. The number of aryl methyl sites for hydroxylation is 2. The monoisotopic (exact) mass is 417 g/mol. The predicted octanol–water partition coefficient (Wildman–Crippen LogP) is 6.43. The van der Waals surface area contributed by atoms with Crippen LogP contribution in [0.25, 0.3) is 21.3 Å². The van der Waals surface area contributed by atoms with Crippen molar-refractivity contribution < 1.29 is 14.6 Å². The Kier molecular flexibility index (Phi) is 5.80. The van der Waals surface area contributed by atoms with Gasteiger partial charge in [0.2, 0.25) is 0 Å². The van der Waals surface area contributed by atoms with E-state index in [4.69, 9.17) is 21.3 Å². The van der Waals surface area contributed by atoms with Gasteiger partial charge in [-0.05, 0) is 63.4 Å². The lowest BCUT2D eigenvalue weighted by Crippen LogP contribution is -2.28. The van der Waals surface area contributed by atoms with E-state index in [-0.39, 0.29) is 0 Å². The predicted molar refractivity (Wildman–Crippen MR) is 115 cm³/mol. The van der Waals surface area contributed by atoms with E-state index in [1.54, 1.807) is 11.3 Å². The number of ether oxygens (including phenoxy) is 1. The van der Waals surface area contributed by atoms with Gasteiger partial charge in [0.15, 0.2) is 6.10 Å². The third kappa shape index (κ3) is 4.22. The molecule has 3 rings (SSSR count). The molecule has 2 aromatic carbocycles. The molecule has 0 aliphatic carbocycles. The first kappa shape index (κ1) is 20.8. The van der Waals surface area contributed by atoms with Gasteiger partial charge in [0.05, 0.1) is 20.8 Å². The highest BCUT2D eigenvalue weighted by atomic mass is 35.5. The molecule has 1 N–H and O–H groups in total. The molecule has 0 spiro atoms. The van der Waals surface area contributed by atoms with Crippen LogP contribution in [0.2, 0.25) is 5.02 Å². The van der Waals surface area contributed by atoms with Crippen molar-refractivity contribution in [1.82, 2.24) is 4.98 Å². The first-order valence-electron chi connectivity index (χ1n) is 9.20. The standard InChI is InChI=1S/C22H24ClNO3S/c1-6-16-24-15-11-12(2)17(19(21(25)26)27-22(3,4)5)18(20(15)28-16)13-7-9-14(23)10-8-13/h7-11,19H,6H2,1-5H3,(H,25,26)/t19-/m0/s1. The third-order valence-corrected chi connectivity index (χ3v) is 5.85. The lowest BCUT2D eigenvalue weighted by Gasteiger charge is -2.28. The lowest BCUT2D eigenvalue weighted by molar-refractivity contribution is -0.160. The minimum Gasteiger partial charge on any atom is -0.479 e. The zero-order valence-corrected chi connectivity index (χ0v) is 18.2. The Bertz CT molecular complexity index is 1020. The molecule has 0 aliphatic rings. The van der Waals surface area contributed by atoms with E-state index in [0.29, 0.717) is 10.6 Å². The molecule has 0 aliphatic heterocycles. The number of hydrogen-bond acceptors (Lipinski definition) is 4. The Morgan fingerprint density at radius 2 is 1.93 bits per heavy atom. The molecule has 0 fully saturated rings. The largest absolute Gasteiger partial charge is 0.479 e. The average Bonchev–Trinajstić information content (AvgIpc) is 3.01. The highest BCUT2D eigenvalue weighted by Gasteiger charge is 2.32. The Balaban J connectivity index is 2.37. The van der Waals surface area contributed by atoms with Crippen LogP contribution >= 0.6 is 22.9 Å². The van der Waals surface area contributed by atoms with E-state index in [2.05, 4.69) is 6.92 Å². The smallest absolute Gasteiger partial charge is 0.337 e. The second-order valence-electron chi connectivity index (χ2n) is 7.75. The lowest BCUT2D eigenvalue weighted by atomic mass is 9.91. The number of aromatic nitrogens is 1. The molecule has 0 saturated heterocycles. The van der Waals surface area contributed by atoms with Crippen LogP contribution in [-0.4, -0.2) is 21.7 Å². The summed E-state index contributed by atoms with van der Waals surface area (Å²) in [5.74, 6) is -1.01. The fraction of sp³-hybridized carbons (Fsp3) is 0.364. The number of carboxylic acid groups (broad SMARTS) is 1. The van der Waals surface area contributed by atoms with Crippen molar-refractivity contribution >= 4 is 39.1 Å². The van der Waals surface area contributed by atoms with Crippen LogP contribution in [-0.2, 0) is 16.0 Å². The van der Waals surface area contributed by atoms with Crippen LogP contribution in [0.3, 0.4) is 0 Å². The number of benzene rings is 2. The molecule has 6 heteroatoms. The van der Waals surface area contributed by atoms with Crippen molar-refractivity contribution in [3.63, 3.8) is 0 Å². The molecule has 1 heterocycles. The highest BCUT2D eigenvalue weighted by molar-refractivity contribution is 7.19. The van der Waals surface area contributed by atoms with Crippen LogP contribution in [0.1, 0.15) is 49.9 Å². The number of aliphatic carboxylic acids is 1. The summed E-state index contributed by atoms with van der Waals surface area (Å²) in [5, 5.41) is 11.6. The second-order valence-corrected chi connectivity index (χ2v) is 9.27. The summed E-state index contributed by atoms with van der Waals surface area (Å²) in [5.41, 5.74) is 3.56.